The van der Waals surface area contributed by atoms with Gasteiger partial charge in [-0.15, -0.1) is 0 Å². The van der Waals surface area contributed by atoms with E-state index in [1.54, 1.807) is 0 Å². The second kappa shape index (κ2) is 5.66. The lowest BCUT2D eigenvalue weighted by atomic mass is 10.1. The lowest BCUT2D eigenvalue weighted by Gasteiger charge is -2.28. The Morgan fingerprint density at radius 2 is 1.79 bits per heavy atom. The zero-order chi connectivity index (χ0) is 10.4. The summed E-state index contributed by atoms with van der Waals surface area (Å²) < 4.78 is 5.26. The third-order valence-electron chi connectivity index (χ3n) is 2.13. The van der Waals surface area contributed by atoms with Crippen molar-refractivity contribution in [3.63, 3.8) is 0 Å². The van der Waals surface area contributed by atoms with Crippen molar-refractivity contribution >= 4 is 0 Å². The SMILES string of the molecule is CC(C)(C)NCCNN1CCOCC1. The first-order valence-corrected chi connectivity index (χ1v) is 5.39. The average Bonchev–Trinajstić information content (AvgIpc) is 2.13. The number of morpholine rings is 1. The minimum atomic E-state index is 0.215. The standard InChI is InChI=1S/C10H23N3O/c1-10(2,3)11-4-5-12-13-6-8-14-9-7-13/h11-12H,4-9H2,1-3H3. The Morgan fingerprint density at radius 3 is 2.36 bits per heavy atom. The lowest BCUT2D eigenvalue weighted by Crippen LogP contribution is -2.49. The minimum Gasteiger partial charge on any atom is -0.379 e. The molecule has 4 heteroatoms. The van der Waals surface area contributed by atoms with Crippen molar-refractivity contribution in [2.24, 2.45) is 0 Å². The van der Waals surface area contributed by atoms with Crippen LogP contribution in [-0.4, -0.2) is 49.9 Å². The van der Waals surface area contributed by atoms with Crippen molar-refractivity contribution in [3.8, 4) is 0 Å². The number of ether oxygens (including phenoxy) is 1. The van der Waals surface area contributed by atoms with Crippen LogP contribution in [0.2, 0.25) is 0 Å². The van der Waals surface area contributed by atoms with Crippen molar-refractivity contribution in [2.75, 3.05) is 39.4 Å². The van der Waals surface area contributed by atoms with Gasteiger partial charge < -0.3 is 10.1 Å². The van der Waals surface area contributed by atoms with Gasteiger partial charge in [0.15, 0.2) is 0 Å². The first-order valence-electron chi connectivity index (χ1n) is 5.39. The molecule has 0 aromatic rings. The van der Waals surface area contributed by atoms with Crippen molar-refractivity contribution in [1.29, 1.82) is 0 Å². The molecule has 0 aromatic heterocycles. The Bertz CT molecular complexity index is 150. The summed E-state index contributed by atoms with van der Waals surface area (Å²) in [5, 5.41) is 5.67. The molecule has 14 heavy (non-hydrogen) atoms. The zero-order valence-electron chi connectivity index (χ0n) is 9.60. The Balaban J connectivity index is 1.97. The van der Waals surface area contributed by atoms with Gasteiger partial charge in [0, 0.05) is 31.7 Å². The predicted molar refractivity (Wildman–Crippen MR) is 58.2 cm³/mol. The van der Waals surface area contributed by atoms with E-state index < -0.39 is 0 Å². The number of hydrogen-bond donors (Lipinski definition) is 2. The van der Waals surface area contributed by atoms with Crippen molar-refractivity contribution in [1.82, 2.24) is 15.8 Å². The van der Waals surface area contributed by atoms with Crippen LogP contribution in [0.5, 0.6) is 0 Å². The van der Waals surface area contributed by atoms with Crippen molar-refractivity contribution in [3.05, 3.63) is 0 Å². The maximum absolute atomic E-state index is 5.26. The first-order chi connectivity index (χ1) is 6.58. The highest BCUT2D eigenvalue weighted by Gasteiger charge is 2.10. The van der Waals surface area contributed by atoms with E-state index in [0.29, 0.717) is 0 Å². The van der Waals surface area contributed by atoms with Gasteiger partial charge in [-0.2, -0.15) is 0 Å². The number of nitrogens with zero attached hydrogens (tertiary/aromatic N) is 1. The molecule has 1 saturated heterocycles. The van der Waals surface area contributed by atoms with Gasteiger partial charge in [0.25, 0.3) is 0 Å². The first kappa shape index (κ1) is 11.9. The lowest BCUT2D eigenvalue weighted by molar-refractivity contribution is 0.0121. The molecule has 0 bridgehead atoms. The molecule has 1 heterocycles. The fourth-order valence-electron chi connectivity index (χ4n) is 1.37. The molecule has 0 radical (unpaired) electrons. The smallest absolute Gasteiger partial charge is 0.0608 e. The molecule has 0 atom stereocenters. The van der Waals surface area contributed by atoms with Gasteiger partial charge in [0.05, 0.1) is 13.2 Å². The van der Waals surface area contributed by atoms with Crippen molar-refractivity contribution < 1.29 is 4.74 Å². The summed E-state index contributed by atoms with van der Waals surface area (Å²) in [4.78, 5) is 0. The Hall–Kier alpha value is -0.160. The normalized spacial score (nSPS) is 19.9. The molecule has 0 aromatic carbocycles. The molecule has 2 N–H and O–H groups in total. The molecule has 0 unspecified atom stereocenters. The number of hydrazine groups is 1. The van der Waals surface area contributed by atoms with E-state index in [-0.39, 0.29) is 5.54 Å². The van der Waals surface area contributed by atoms with Crippen LogP contribution in [0.25, 0.3) is 0 Å². The fraction of sp³-hybridized carbons (Fsp3) is 1.00. The topological polar surface area (TPSA) is 36.5 Å². The molecule has 4 nitrogen and oxygen atoms in total. The van der Waals surface area contributed by atoms with E-state index >= 15 is 0 Å². The number of nitrogens with one attached hydrogen (secondary N) is 2. The van der Waals surface area contributed by atoms with Crippen LogP contribution in [0.1, 0.15) is 20.8 Å². The van der Waals surface area contributed by atoms with Crippen LogP contribution in [0.15, 0.2) is 0 Å². The van der Waals surface area contributed by atoms with E-state index in [4.69, 9.17) is 4.74 Å². The summed E-state index contributed by atoms with van der Waals surface area (Å²) in [5.41, 5.74) is 3.60. The molecule has 0 saturated carbocycles. The van der Waals surface area contributed by atoms with Gasteiger partial charge in [-0.25, -0.2) is 5.01 Å². The van der Waals surface area contributed by atoms with Gasteiger partial charge >= 0.3 is 0 Å². The summed E-state index contributed by atoms with van der Waals surface area (Å²) >= 11 is 0. The molecular formula is C10H23N3O. The summed E-state index contributed by atoms with van der Waals surface area (Å²) in [6.45, 7) is 12.2. The maximum atomic E-state index is 5.26. The largest absolute Gasteiger partial charge is 0.379 e. The van der Waals surface area contributed by atoms with Gasteiger partial charge in [-0.05, 0) is 20.8 Å². The van der Waals surface area contributed by atoms with E-state index in [1.165, 1.54) is 0 Å². The Labute approximate surface area is 87.0 Å². The Morgan fingerprint density at radius 1 is 1.14 bits per heavy atom. The fourth-order valence-corrected chi connectivity index (χ4v) is 1.37. The molecule has 1 aliphatic heterocycles. The second-order valence-electron chi connectivity index (χ2n) is 4.68. The van der Waals surface area contributed by atoms with Gasteiger partial charge in [-0.3, -0.25) is 5.43 Å². The predicted octanol–water partition coefficient (Wildman–Crippen LogP) is 0.211. The molecule has 0 amide bonds. The minimum absolute atomic E-state index is 0.215. The monoisotopic (exact) mass is 201 g/mol. The average molecular weight is 201 g/mol. The van der Waals surface area contributed by atoms with E-state index in [0.717, 1.165) is 39.4 Å². The van der Waals surface area contributed by atoms with Crippen LogP contribution in [0.4, 0.5) is 0 Å². The van der Waals surface area contributed by atoms with Crippen LogP contribution in [-0.2, 0) is 4.74 Å². The highest BCUT2D eigenvalue weighted by molar-refractivity contribution is 4.70. The molecule has 1 rings (SSSR count). The quantitative estimate of drug-likeness (QED) is 0.638. The van der Waals surface area contributed by atoms with Crippen LogP contribution >= 0.6 is 0 Å². The summed E-state index contributed by atoms with van der Waals surface area (Å²) in [6.07, 6.45) is 0. The molecule has 84 valence electrons. The van der Waals surface area contributed by atoms with E-state index in [1.807, 2.05) is 0 Å². The van der Waals surface area contributed by atoms with Gasteiger partial charge in [0.2, 0.25) is 0 Å². The van der Waals surface area contributed by atoms with Gasteiger partial charge in [-0.1, -0.05) is 0 Å². The van der Waals surface area contributed by atoms with Gasteiger partial charge in [0.1, 0.15) is 0 Å². The second-order valence-corrected chi connectivity index (χ2v) is 4.68. The summed E-state index contributed by atoms with van der Waals surface area (Å²) in [6, 6.07) is 0. The van der Waals surface area contributed by atoms with Crippen molar-refractivity contribution in [2.45, 2.75) is 26.3 Å². The molecule has 1 aliphatic rings. The third-order valence-corrected chi connectivity index (χ3v) is 2.13. The summed E-state index contributed by atoms with van der Waals surface area (Å²) in [5.74, 6) is 0. The van der Waals surface area contributed by atoms with E-state index in [2.05, 4.69) is 36.5 Å². The third kappa shape index (κ3) is 5.54. The van der Waals surface area contributed by atoms with E-state index in [9.17, 15) is 0 Å². The van der Waals surface area contributed by atoms with Crippen LogP contribution < -0.4 is 10.7 Å². The zero-order valence-corrected chi connectivity index (χ0v) is 9.60. The Kier molecular flexibility index (Phi) is 4.81. The summed E-state index contributed by atoms with van der Waals surface area (Å²) in [7, 11) is 0. The molecule has 0 spiro atoms. The molecule has 1 fully saturated rings. The molecule has 0 aliphatic carbocycles. The van der Waals surface area contributed by atoms with Crippen LogP contribution in [0, 0.1) is 0 Å². The highest BCUT2D eigenvalue weighted by Crippen LogP contribution is 1.96. The molecular weight excluding hydrogens is 178 g/mol. The van der Waals surface area contributed by atoms with Crippen LogP contribution in [0.3, 0.4) is 0 Å². The highest BCUT2D eigenvalue weighted by atomic mass is 16.5. The maximum Gasteiger partial charge on any atom is 0.0608 e. The number of rotatable bonds is 4. The number of hydrogen-bond acceptors (Lipinski definition) is 4.